The molecule has 0 radical (unpaired) electrons. The summed E-state index contributed by atoms with van der Waals surface area (Å²) in [5.41, 5.74) is 3.35. The second-order valence-corrected chi connectivity index (χ2v) is 3.92. The van der Waals surface area contributed by atoms with E-state index in [0.29, 0.717) is 11.5 Å². The molecule has 3 aromatic rings. The van der Waals surface area contributed by atoms with E-state index in [2.05, 4.69) is 15.0 Å². The molecule has 0 amide bonds. The Morgan fingerprint density at radius 1 is 1.24 bits per heavy atom. The molecular formula is C13H10FN3. The number of nitrogens with one attached hydrogen (secondary N) is 1. The third-order valence-corrected chi connectivity index (χ3v) is 2.70. The van der Waals surface area contributed by atoms with Gasteiger partial charge in [-0.25, -0.2) is 14.4 Å². The smallest absolute Gasteiger partial charge is 0.178 e. The van der Waals surface area contributed by atoms with Crippen molar-refractivity contribution in [2.45, 2.75) is 6.92 Å². The van der Waals surface area contributed by atoms with E-state index in [1.807, 2.05) is 19.1 Å². The van der Waals surface area contributed by atoms with Crippen LogP contribution < -0.4 is 0 Å². The van der Waals surface area contributed by atoms with Crippen LogP contribution in [0.15, 0.2) is 36.5 Å². The molecule has 0 unspecified atom stereocenters. The van der Waals surface area contributed by atoms with Gasteiger partial charge in [-0.2, -0.15) is 0 Å². The van der Waals surface area contributed by atoms with Crippen molar-refractivity contribution in [3.05, 3.63) is 47.9 Å². The number of H-pyrrole nitrogens is 1. The molecule has 0 aliphatic carbocycles. The van der Waals surface area contributed by atoms with Crippen molar-refractivity contribution in [1.82, 2.24) is 15.0 Å². The van der Waals surface area contributed by atoms with Crippen molar-refractivity contribution in [3.63, 3.8) is 0 Å². The highest BCUT2D eigenvalue weighted by Gasteiger charge is 2.07. The van der Waals surface area contributed by atoms with Gasteiger partial charge in [0.25, 0.3) is 0 Å². The highest BCUT2D eigenvalue weighted by Crippen LogP contribution is 2.21. The molecule has 17 heavy (non-hydrogen) atoms. The molecule has 0 aliphatic rings. The first-order valence-corrected chi connectivity index (χ1v) is 5.31. The summed E-state index contributed by atoms with van der Waals surface area (Å²) in [6, 6.07) is 8.26. The number of pyridine rings is 1. The number of aromatic amines is 1. The summed E-state index contributed by atoms with van der Waals surface area (Å²) in [4.78, 5) is 11.7. The zero-order valence-corrected chi connectivity index (χ0v) is 9.24. The van der Waals surface area contributed by atoms with Crippen LogP contribution in [0.5, 0.6) is 0 Å². The van der Waals surface area contributed by atoms with Crippen LogP contribution in [0.1, 0.15) is 5.56 Å². The normalized spacial score (nSPS) is 10.9. The lowest BCUT2D eigenvalue weighted by atomic mass is 10.2. The number of hydrogen-bond acceptors (Lipinski definition) is 2. The lowest BCUT2D eigenvalue weighted by Crippen LogP contribution is -1.81. The molecule has 0 spiro atoms. The molecule has 0 saturated carbocycles. The van der Waals surface area contributed by atoms with Gasteiger partial charge < -0.3 is 4.98 Å². The molecule has 1 aromatic carbocycles. The molecule has 84 valence electrons. The molecule has 2 heterocycles. The molecule has 0 atom stereocenters. The van der Waals surface area contributed by atoms with Gasteiger partial charge in [0.1, 0.15) is 11.6 Å². The molecule has 3 rings (SSSR count). The molecule has 3 nitrogen and oxygen atoms in total. The number of benzene rings is 1. The highest BCUT2D eigenvalue weighted by molar-refractivity contribution is 5.78. The minimum Gasteiger partial charge on any atom is -0.336 e. The lowest BCUT2D eigenvalue weighted by molar-refractivity contribution is 0.628. The SMILES string of the molecule is Cc1ccnc2nc(-c3cccc(F)c3)[nH]c12. The molecule has 0 saturated heterocycles. The molecule has 0 bridgehead atoms. The van der Waals surface area contributed by atoms with Gasteiger partial charge in [-0.3, -0.25) is 0 Å². The van der Waals surface area contributed by atoms with Crippen molar-refractivity contribution in [1.29, 1.82) is 0 Å². The van der Waals surface area contributed by atoms with E-state index in [0.717, 1.165) is 16.6 Å². The number of imidazole rings is 1. The van der Waals surface area contributed by atoms with E-state index >= 15 is 0 Å². The molecule has 2 aromatic heterocycles. The maximum Gasteiger partial charge on any atom is 0.178 e. The largest absolute Gasteiger partial charge is 0.336 e. The Balaban J connectivity index is 2.22. The zero-order valence-electron chi connectivity index (χ0n) is 9.24. The first-order chi connectivity index (χ1) is 8.24. The average Bonchev–Trinajstić information content (AvgIpc) is 2.74. The Morgan fingerprint density at radius 2 is 2.12 bits per heavy atom. The van der Waals surface area contributed by atoms with Crippen molar-refractivity contribution in [3.8, 4) is 11.4 Å². The number of aromatic nitrogens is 3. The standard InChI is InChI=1S/C13H10FN3/c1-8-5-6-15-13-11(8)16-12(17-13)9-3-2-4-10(14)7-9/h2-7H,1H3,(H,15,16,17). The van der Waals surface area contributed by atoms with Gasteiger partial charge in [-0.05, 0) is 30.7 Å². The predicted octanol–water partition coefficient (Wildman–Crippen LogP) is 3.07. The number of aryl methyl sites for hydroxylation is 1. The minimum absolute atomic E-state index is 0.271. The van der Waals surface area contributed by atoms with Crippen LogP contribution in [0.4, 0.5) is 4.39 Å². The van der Waals surface area contributed by atoms with E-state index in [9.17, 15) is 4.39 Å². The highest BCUT2D eigenvalue weighted by atomic mass is 19.1. The molecule has 4 heteroatoms. The maximum absolute atomic E-state index is 13.1. The molecule has 0 aliphatic heterocycles. The van der Waals surface area contributed by atoms with E-state index in [4.69, 9.17) is 0 Å². The van der Waals surface area contributed by atoms with Gasteiger partial charge >= 0.3 is 0 Å². The Bertz CT molecular complexity index is 688. The Morgan fingerprint density at radius 3 is 2.88 bits per heavy atom. The summed E-state index contributed by atoms with van der Waals surface area (Å²) in [6.45, 7) is 1.98. The van der Waals surface area contributed by atoms with Crippen LogP contribution in [0.3, 0.4) is 0 Å². The first kappa shape index (κ1) is 9.96. The van der Waals surface area contributed by atoms with Crippen LogP contribution >= 0.6 is 0 Å². The van der Waals surface area contributed by atoms with Crippen LogP contribution in [-0.4, -0.2) is 15.0 Å². The fourth-order valence-electron chi connectivity index (χ4n) is 1.81. The van der Waals surface area contributed by atoms with Gasteiger partial charge in [-0.15, -0.1) is 0 Å². The summed E-state index contributed by atoms with van der Waals surface area (Å²) in [7, 11) is 0. The fourth-order valence-corrected chi connectivity index (χ4v) is 1.81. The van der Waals surface area contributed by atoms with Gasteiger partial charge in [0.2, 0.25) is 0 Å². The van der Waals surface area contributed by atoms with Crippen molar-refractivity contribution >= 4 is 11.2 Å². The molecular weight excluding hydrogens is 217 g/mol. The van der Waals surface area contributed by atoms with Crippen LogP contribution in [0, 0.1) is 12.7 Å². The predicted molar refractivity (Wildman–Crippen MR) is 64.0 cm³/mol. The third kappa shape index (κ3) is 1.67. The van der Waals surface area contributed by atoms with Crippen LogP contribution in [0.2, 0.25) is 0 Å². The summed E-state index contributed by atoms with van der Waals surface area (Å²) >= 11 is 0. The summed E-state index contributed by atoms with van der Waals surface area (Å²) in [5.74, 6) is 0.369. The van der Waals surface area contributed by atoms with Gasteiger partial charge in [0.05, 0.1) is 5.52 Å². The Kier molecular flexibility index (Phi) is 2.14. The van der Waals surface area contributed by atoms with E-state index in [1.165, 1.54) is 12.1 Å². The van der Waals surface area contributed by atoms with E-state index in [1.54, 1.807) is 12.3 Å². The zero-order chi connectivity index (χ0) is 11.8. The second kappa shape index (κ2) is 3.66. The molecule has 1 N–H and O–H groups in total. The maximum atomic E-state index is 13.1. The van der Waals surface area contributed by atoms with Gasteiger partial charge in [0.15, 0.2) is 5.65 Å². The van der Waals surface area contributed by atoms with E-state index in [-0.39, 0.29) is 5.82 Å². The molecule has 0 fully saturated rings. The average molecular weight is 227 g/mol. The van der Waals surface area contributed by atoms with Gasteiger partial charge in [0, 0.05) is 11.8 Å². The van der Waals surface area contributed by atoms with Crippen molar-refractivity contribution in [2.24, 2.45) is 0 Å². The number of rotatable bonds is 1. The number of fused-ring (bicyclic) bond motifs is 1. The second-order valence-electron chi connectivity index (χ2n) is 3.92. The quantitative estimate of drug-likeness (QED) is 0.694. The minimum atomic E-state index is -0.271. The Labute approximate surface area is 97.3 Å². The van der Waals surface area contributed by atoms with Gasteiger partial charge in [-0.1, -0.05) is 12.1 Å². The number of nitrogens with zero attached hydrogens (tertiary/aromatic N) is 2. The van der Waals surface area contributed by atoms with Crippen LogP contribution in [0.25, 0.3) is 22.6 Å². The number of halogens is 1. The Hall–Kier alpha value is -2.23. The third-order valence-electron chi connectivity index (χ3n) is 2.70. The topological polar surface area (TPSA) is 41.6 Å². The van der Waals surface area contributed by atoms with Crippen molar-refractivity contribution in [2.75, 3.05) is 0 Å². The summed E-state index contributed by atoms with van der Waals surface area (Å²) < 4.78 is 13.1. The number of hydrogen-bond donors (Lipinski definition) is 1. The summed E-state index contributed by atoms with van der Waals surface area (Å²) in [6.07, 6.45) is 1.72. The summed E-state index contributed by atoms with van der Waals surface area (Å²) in [5, 5.41) is 0. The monoisotopic (exact) mass is 227 g/mol. The fraction of sp³-hybridized carbons (Fsp3) is 0.0769. The van der Waals surface area contributed by atoms with Crippen molar-refractivity contribution < 1.29 is 4.39 Å². The van der Waals surface area contributed by atoms with Crippen LogP contribution in [-0.2, 0) is 0 Å². The first-order valence-electron chi connectivity index (χ1n) is 5.31. The lowest BCUT2D eigenvalue weighted by Gasteiger charge is -1.95. The van der Waals surface area contributed by atoms with E-state index < -0.39 is 0 Å².